The number of rotatable bonds is 3. The lowest BCUT2D eigenvalue weighted by Crippen LogP contribution is -2.13. The van der Waals surface area contributed by atoms with Gasteiger partial charge in [-0.15, -0.1) is 0 Å². The number of alkyl halides is 6. The van der Waals surface area contributed by atoms with E-state index in [0.29, 0.717) is 0 Å². The maximum Gasteiger partial charge on any atom is 0.325 e. The molecule has 0 saturated carbocycles. The molecular weight excluding hydrogens is 211 g/mol. The lowest BCUT2D eigenvalue weighted by Gasteiger charge is -2.10. The molecular formula is C4H3Cl3F3. The summed E-state index contributed by atoms with van der Waals surface area (Å²) in [6.45, 7) is 0. The topological polar surface area (TPSA) is 0 Å². The van der Waals surface area contributed by atoms with Gasteiger partial charge in [-0.3, -0.25) is 0 Å². The van der Waals surface area contributed by atoms with Crippen molar-refractivity contribution in [1.82, 2.24) is 0 Å². The zero-order chi connectivity index (χ0) is 8.41. The van der Waals surface area contributed by atoms with Crippen LogP contribution in [0.1, 0.15) is 6.42 Å². The standard InChI is InChI=1S/C4H3Cl3F3/c5-3(6,8)1-2-4(7,9)10/h2H,1H2. The first kappa shape index (κ1) is 10.7. The minimum Gasteiger partial charge on any atom is -0.208 e. The van der Waals surface area contributed by atoms with Gasteiger partial charge in [-0.05, 0) is 11.6 Å². The van der Waals surface area contributed by atoms with Crippen LogP contribution in [0, 0.1) is 6.42 Å². The molecule has 0 aliphatic carbocycles. The Bertz CT molecular complexity index is 89.3. The lowest BCUT2D eigenvalue weighted by atomic mass is 10.3. The predicted molar refractivity (Wildman–Crippen MR) is 35.3 cm³/mol. The fourth-order valence-corrected chi connectivity index (χ4v) is 0.463. The van der Waals surface area contributed by atoms with E-state index >= 15 is 0 Å². The Morgan fingerprint density at radius 3 is 1.60 bits per heavy atom. The highest BCUT2D eigenvalue weighted by molar-refractivity contribution is 6.47. The molecule has 0 saturated heterocycles. The van der Waals surface area contributed by atoms with Crippen LogP contribution in [-0.2, 0) is 0 Å². The minimum absolute atomic E-state index is 0.189. The van der Waals surface area contributed by atoms with E-state index in [2.05, 4.69) is 11.6 Å². The van der Waals surface area contributed by atoms with E-state index < -0.39 is 16.4 Å². The molecule has 0 heterocycles. The van der Waals surface area contributed by atoms with Crippen LogP contribution in [0.4, 0.5) is 13.2 Å². The van der Waals surface area contributed by atoms with Crippen molar-refractivity contribution in [2.45, 2.75) is 16.4 Å². The molecule has 0 fully saturated rings. The molecule has 0 aromatic heterocycles. The zero-order valence-corrected chi connectivity index (χ0v) is 6.82. The number of hydrogen-bond acceptors (Lipinski definition) is 0. The highest BCUT2D eigenvalue weighted by atomic mass is 35.5. The maximum atomic E-state index is 12.0. The molecule has 0 aliphatic rings. The Hall–Kier alpha value is 0.660. The third-order valence-corrected chi connectivity index (χ3v) is 1.03. The first-order valence-electron chi connectivity index (χ1n) is 2.18. The van der Waals surface area contributed by atoms with Crippen molar-refractivity contribution < 1.29 is 13.2 Å². The van der Waals surface area contributed by atoms with Gasteiger partial charge >= 0.3 is 5.38 Å². The summed E-state index contributed by atoms with van der Waals surface area (Å²) in [5, 5.41) is -3.55. The predicted octanol–water partition coefficient (Wildman–Crippen LogP) is 3.51. The minimum atomic E-state index is -3.55. The Balaban J connectivity index is 3.56. The van der Waals surface area contributed by atoms with Crippen molar-refractivity contribution >= 4 is 34.8 Å². The molecule has 0 bridgehead atoms. The van der Waals surface area contributed by atoms with Crippen LogP contribution in [0.3, 0.4) is 0 Å². The molecule has 0 rings (SSSR count). The van der Waals surface area contributed by atoms with Gasteiger partial charge < -0.3 is 0 Å². The molecule has 0 amide bonds. The van der Waals surface area contributed by atoms with E-state index in [1.54, 1.807) is 0 Å². The van der Waals surface area contributed by atoms with Crippen LogP contribution in [0.15, 0.2) is 0 Å². The molecule has 61 valence electrons. The van der Waals surface area contributed by atoms with Crippen molar-refractivity contribution in [2.24, 2.45) is 0 Å². The van der Waals surface area contributed by atoms with Crippen molar-refractivity contribution in [2.75, 3.05) is 0 Å². The summed E-state index contributed by atoms with van der Waals surface area (Å²) in [4.78, 5) is 0. The van der Waals surface area contributed by atoms with Gasteiger partial charge in [0.05, 0.1) is 6.42 Å². The summed E-state index contributed by atoms with van der Waals surface area (Å²) in [7, 11) is 0. The SMILES string of the molecule is FC(F)(Cl)[CH]CC(F)(Cl)Cl. The normalized spacial score (nSPS) is 13.8. The van der Waals surface area contributed by atoms with E-state index in [9.17, 15) is 13.2 Å². The Kier molecular flexibility index (Phi) is 3.59. The van der Waals surface area contributed by atoms with Gasteiger partial charge in [0, 0.05) is 6.42 Å². The molecule has 6 heteroatoms. The highest BCUT2D eigenvalue weighted by Crippen LogP contribution is 2.33. The average Bonchev–Trinajstić information content (AvgIpc) is 1.57. The van der Waals surface area contributed by atoms with Crippen LogP contribution >= 0.6 is 34.8 Å². The van der Waals surface area contributed by atoms with E-state index in [-0.39, 0.29) is 6.42 Å². The summed E-state index contributed by atoms with van der Waals surface area (Å²) in [5.41, 5.74) is 0. The van der Waals surface area contributed by atoms with Crippen LogP contribution in [0.25, 0.3) is 0 Å². The second kappa shape index (κ2) is 3.37. The second-order valence-electron chi connectivity index (χ2n) is 1.57. The van der Waals surface area contributed by atoms with Gasteiger partial charge in [-0.25, -0.2) is 4.39 Å². The van der Waals surface area contributed by atoms with Crippen LogP contribution < -0.4 is 0 Å². The first-order valence-corrected chi connectivity index (χ1v) is 3.32. The van der Waals surface area contributed by atoms with Gasteiger partial charge in [-0.2, -0.15) is 8.78 Å². The summed E-state index contributed by atoms with van der Waals surface area (Å²) >= 11 is 13.8. The fraction of sp³-hybridized carbons (Fsp3) is 0.750. The highest BCUT2D eigenvalue weighted by Gasteiger charge is 2.32. The smallest absolute Gasteiger partial charge is 0.208 e. The molecule has 0 spiro atoms. The average molecular weight is 214 g/mol. The van der Waals surface area contributed by atoms with Crippen molar-refractivity contribution in [3.63, 3.8) is 0 Å². The Morgan fingerprint density at radius 1 is 1.10 bits per heavy atom. The molecule has 0 aromatic carbocycles. The monoisotopic (exact) mass is 213 g/mol. The Morgan fingerprint density at radius 2 is 1.50 bits per heavy atom. The van der Waals surface area contributed by atoms with Gasteiger partial charge in [-0.1, -0.05) is 23.2 Å². The summed E-state index contributed by atoms with van der Waals surface area (Å²) in [6.07, 6.45) is -0.624. The summed E-state index contributed by atoms with van der Waals surface area (Å²) in [6, 6.07) is 0. The van der Waals surface area contributed by atoms with E-state index in [0.717, 1.165) is 0 Å². The van der Waals surface area contributed by atoms with Gasteiger partial charge in [0.2, 0.25) is 0 Å². The largest absolute Gasteiger partial charge is 0.325 e. The molecule has 1 radical (unpaired) electrons. The maximum absolute atomic E-state index is 12.0. The first-order chi connectivity index (χ1) is 4.21. The number of hydrogen-bond donors (Lipinski definition) is 0. The van der Waals surface area contributed by atoms with Crippen molar-refractivity contribution in [1.29, 1.82) is 0 Å². The lowest BCUT2D eigenvalue weighted by molar-refractivity contribution is 0.124. The third-order valence-electron chi connectivity index (χ3n) is 0.565. The van der Waals surface area contributed by atoms with Crippen LogP contribution in [0.2, 0.25) is 0 Å². The van der Waals surface area contributed by atoms with E-state index in [4.69, 9.17) is 23.2 Å². The Labute approximate surface area is 71.2 Å². The van der Waals surface area contributed by atoms with Crippen molar-refractivity contribution in [3.8, 4) is 0 Å². The number of halogens is 6. The molecule has 0 N–H and O–H groups in total. The molecule has 0 aliphatic heterocycles. The van der Waals surface area contributed by atoms with Gasteiger partial charge in [0.25, 0.3) is 4.59 Å². The molecule has 0 aromatic rings. The summed E-state index contributed by atoms with van der Waals surface area (Å²) in [5.74, 6) is 0. The van der Waals surface area contributed by atoms with Gasteiger partial charge in [0.1, 0.15) is 0 Å². The van der Waals surface area contributed by atoms with Crippen LogP contribution in [-0.4, -0.2) is 9.97 Å². The van der Waals surface area contributed by atoms with E-state index in [1.807, 2.05) is 0 Å². The molecule has 0 unspecified atom stereocenters. The molecule has 0 nitrogen and oxygen atoms in total. The molecule has 0 atom stereocenters. The second-order valence-corrected chi connectivity index (χ2v) is 3.46. The van der Waals surface area contributed by atoms with Gasteiger partial charge in [0.15, 0.2) is 0 Å². The summed E-state index contributed by atoms with van der Waals surface area (Å²) < 4.78 is 32.7. The molecule has 10 heavy (non-hydrogen) atoms. The fourth-order valence-electron chi connectivity index (χ4n) is 0.231. The quantitative estimate of drug-likeness (QED) is 0.631. The van der Waals surface area contributed by atoms with Crippen LogP contribution in [0.5, 0.6) is 0 Å². The third kappa shape index (κ3) is 8.66. The van der Waals surface area contributed by atoms with Crippen molar-refractivity contribution in [3.05, 3.63) is 6.42 Å². The van der Waals surface area contributed by atoms with E-state index in [1.165, 1.54) is 0 Å². The zero-order valence-electron chi connectivity index (χ0n) is 4.55.